The van der Waals surface area contributed by atoms with E-state index in [4.69, 9.17) is 11.5 Å². The van der Waals surface area contributed by atoms with Crippen LogP contribution in [0, 0.1) is 0 Å². The van der Waals surface area contributed by atoms with Crippen LogP contribution < -0.4 is 11.5 Å². The molecule has 0 unspecified atom stereocenters. The van der Waals surface area contributed by atoms with Crippen molar-refractivity contribution in [2.45, 2.75) is 36.1 Å². The summed E-state index contributed by atoms with van der Waals surface area (Å²) in [6, 6.07) is 10.2. The third-order valence-electron chi connectivity index (χ3n) is 2.68. The first-order chi connectivity index (χ1) is 8.84. The lowest BCUT2D eigenvalue weighted by Crippen LogP contribution is -2.10. The maximum atomic E-state index is 5.65. The summed E-state index contributed by atoms with van der Waals surface area (Å²) in [6.45, 7) is 6.59. The molecule has 0 fully saturated rings. The molecule has 0 aliphatic rings. The molecule has 1 heterocycles. The summed E-state index contributed by atoms with van der Waals surface area (Å²) in [5.41, 5.74) is 12.7. The first-order valence-corrected chi connectivity index (χ1v) is 6.85. The fourth-order valence-electron chi connectivity index (χ4n) is 1.66. The first-order valence-electron chi connectivity index (χ1n) is 6.03. The molecule has 2 aromatic rings. The van der Waals surface area contributed by atoms with Crippen LogP contribution in [0.5, 0.6) is 0 Å². The molecule has 4 N–H and O–H groups in total. The van der Waals surface area contributed by atoms with E-state index in [9.17, 15) is 0 Å². The van der Waals surface area contributed by atoms with Crippen molar-refractivity contribution in [2.75, 3.05) is 11.5 Å². The highest BCUT2D eigenvalue weighted by Gasteiger charge is 2.13. The number of benzene rings is 1. The van der Waals surface area contributed by atoms with Crippen LogP contribution in [0.1, 0.15) is 26.3 Å². The lowest BCUT2D eigenvalue weighted by molar-refractivity contribution is 0.590. The molecular weight excluding hydrogens is 256 g/mol. The van der Waals surface area contributed by atoms with Gasteiger partial charge in [0, 0.05) is 11.0 Å². The van der Waals surface area contributed by atoms with Gasteiger partial charge in [0.15, 0.2) is 0 Å². The Hall–Kier alpha value is -1.75. The maximum absolute atomic E-state index is 5.65. The molecule has 2 rings (SSSR count). The fraction of sp³-hybridized carbons (Fsp3) is 0.286. The molecule has 0 aliphatic carbocycles. The van der Waals surface area contributed by atoms with Gasteiger partial charge in [-0.05, 0) is 23.1 Å². The number of hydrogen-bond acceptors (Lipinski definition) is 5. The van der Waals surface area contributed by atoms with Crippen molar-refractivity contribution in [1.82, 2.24) is 9.97 Å². The van der Waals surface area contributed by atoms with Gasteiger partial charge in [0.25, 0.3) is 0 Å². The van der Waals surface area contributed by atoms with Gasteiger partial charge in [0.1, 0.15) is 10.8 Å². The summed E-state index contributed by atoms with van der Waals surface area (Å²) >= 11 is 1.52. The number of nitrogen functional groups attached to an aromatic ring is 2. The Kier molecular flexibility index (Phi) is 3.66. The summed E-state index contributed by atoms with van der Waals surface area (Å²) in [5, 5.41) is 0.758. The highest BCUT2D eigenvalue weighted by molar-refractivity contribution is 7.99. The number of rotatable bonds is 2. The van der Waals surface area contributed by atoms with Crippen LogP contribution in [0.2, 0.25) is 0 Å². The monoisotopic (exact) mass is 274 g/mol. The van der Waals surface area contributed by atoms with E-state index < -0.39 is 0 Å². The lowest BCUT2D eigenvalue weighted by Gasteiger charge is -2.19. The zero-order chi connectivity index (χ0) is 14.0. The number of nitrogens with two attached hydrogens (primary N) is 2. The molecule has 4 nitrogen and oxygen atoms in total. The van der Waals surface area contributed by atoms with Crippen LogP contribution in [-0.2, 0) is 5.41 Å². The SMILES string of the molecule is CC(C)(C)c1ccc(Sc2cc(N)nc(N)n2)cc1. The average Bonchev–Trinajstić information content (AvgIpc) is 2.26. The smallest absolute Gasteiger partial charge is 0.223 e. The van der Waals surface area contributed by atoms with E-state index in [1.807, 2.05) is 0 Å². The highest BCUT2D eigenvalue weighted by atomic mass is 32.2. The third kappa shape index (κ3) is 3.61. The predicted octanol–water partition coefficient (Wildman–Crippen LogP) is 3.09. The van der Waals surface area contributed by atoms with Crippen molar-refractivity contribution >= 4 is 23.5 Å². The summed E-state index contributed by atoms with van der Waals surface area (Å²) < 4.78 is 0. The molecule has 0 radical (unpaired) electrons. The Morgan fingerprint density at radius 1 is 1.00 bits per heavy atom. The molecular formula is C14H18N4S. The molecule has 0 spiro atoms. The van der Waals surface area contributed by atoms with Crippen LogP contribution in [0.25, 0.3) is 0 Å². The van der Waals surface area contributed by atoms with Crippen LogP contribution in [0.4, 0.5) is 11.8 Å². The molecule has 1 aromatic heterocycles. The third-order valence-corrected chi connectivity index (χ3v) is 3.61. The average molecular weight is 274 g/mol. The van der Waals surface area contributed by atoms with Gasteiger partial charge < -0.3 is 11.5 Å². The standard InChI is InChI=1S/C14H18N4S/c1-14(2,3)9-4-6-10(7-5-9)19-12-8-11(15)17-13(16)18-12/h4-8H,1-3H3,(H4,15,16,17,18). The van der Waals surface area contributed by atoms with Gasteiger partial charge in [-0.2, -0.15) is 4.98 Å². The normalized spacial score (nSPS) is 11.5. The second-order valence-corrected chi connectivity index (χ2v) is 6.46. The van der Waals surface area contributed by atoms with E-state index in [-0.39, 0.29) is 11.4 Å². The van der Waals surface area contributed by atoms with E-state index in [1.54, 1.807) is 6.07 Å². The van der Waals surface area contributed by atoms with Crippen LogP contribution in [-0.4, -0.2) is 9.97 Å². The Labute approximate surface area is 117 Å². The van der Waals surface area contributed by atoms with Gasteiger partial charge in [-0.1, -0.05) is 44.7 Å². The first kappa shape index (κ1) is 13.7. The van der Waals surface area contributed by atoms with Crippen molar-refractivity contribution in [1.29, 1.82) is 0 Å². The molecule has 0 saturated heterocycles. The van der Waals surface area contributed by atoms with Gasteiger partial charge in [-0.15, -0.1) is 0 Å². The van der Waals surface area contributed by atoms with E-state index in [0.29, 0.717) is 5.82 Å². The molecule has 19 heavy (non-hydrogen) atoms. The molecule has 0 atom stereocenters. The van der Waals surface area contributed by atoms with Crippen molar-refractivity contribution in [2.24, 2.45) is 0 Å². The van der Waals surface area contributed by atoms with E-state index in [0.717, 1.165) is 9.92 Å². The number of anilines is 2. The molecule has 1 aromatic carbocycles. The summed E-state index contributed by atoms with van der Waals surface area (Å²) in [5.74, 6) is 0.593. The van der Waals surface area contributed by atoms with Crippen LogP contribution in [0.15, 0.2) is 40.3 Å². The Morgan fingerprint density at radius 2 is 1.63 bits per heavy atom. The molecule has 100 valence electrons. The van der Waals surface area contributed by atoms with Gasteiger partial charge in [-0.3, -0.25) is 0 Å². The summed E-state index contributed by atoms with van der Waals surface area (Å²) in [7, 11) is 0. The van der Waals surface area contributed by atoms with E-state index in [2.05, 4.69) is 55.0 Å². The molecule has 0 aliphatic heterocycles. The van der Waals surface area contributed by atoms with Gasteiger partial charge in [0.2, 0.25) is 5.95 Å². The summed E-state index contributed by atoms with van der Waals surface area (Å²) in [6.07, 6.45) is 0. The van der Waals surface area contributed by atoms with Gasteiger partial charge in [-0.25, -0.2) is 4.98 Å². The van der Waals surface area contributed by atoms with Crippen LogP contribution in [0.3, 0.4) is 0 Å². The quantitative estimate of drug-likeness (QED) is 0.823. The largest absolute Gasteiger partial charge is 0.383 e. The van der Waals surface area contributed by atoms with Crippen LogP contribution >= 0.6 is 11.8 Å². The van der Waals surface area contributed by atoms with Crippen molar-refractivity contribution in [3.8, 4) is 0 Å². The Morgan fingerprint density at radius 3 is 2.16 bits per heavy atom. The fourth-order valence-corrected chi connectivity index (χ4v) is 2.49. The molecule has 0 amide bonds. The number of hydrogen-bond donors (Lipinski definition) is 2. The predicted molar refractivity (Wildman–Crippen MR) is 80.1 cm³/mol. The minimum Gasteiger partial charge on any atom is -0.383 e. The van der Waals surface area contributed by atoms with E-state index >= 15 is 0 Å². The second-order valence-electron chi connectivity index (χ2n) is 5.37. The molecule has 0 saturated carbocycles. The topological polar surface area (TPSA) is 77.8 Å². The maximum Gasteiger partial charge on any atom is 0.223 e. The zero-order valence-electron chi connectivity index (χ0n) is 11.3. The van der Waals surface area contributed by atoms with Gasteiger partial charge >= 0.3 is 0 Å². The molecule has 5 heteroatoms. The lowest BCUT2D eigenvalue weighted by atomic mass is 9.87. The van der Waals surface area contributed by atoms with Crippen molar-refractivity contribution in [3.63, 3.8) is 0 Å². The Balaban J connectivity index is 2.20. The summed E-state index contributed by atoms with van der Waals surface area (Å²) in [4.78, 5) is 9.11. The van der Waals surface area contributed by atoms with Crippen molar-refractivity contribution < 1.29 is 0 Å². The minimum atomic E-state index is 0.160. The number of nitrogens with zero attached hydrogens (tertiary/aromatic N) is 2. The Bertz CT molecular complexity index is 553. The number of aromatic nitrogens is 2. The molecule has 0 bridgehead atoms. The highest BCUT2D eigenvalue weighted by Crippen LogP contribution is 2.30. The zero-order valence-corrected chi connectivity index (χ0v) is 12.2. The van der Waals surface area contributed by atoms with Crippen molar-refractivity contribution in [3.05, 3.63) is 35.9 Å². The second kappa shape index (κ2) is 5.09. The van der Waals surface area contributed by atoms with Gasteiger partial charge in [0.05, 0.1) is 0 Å². The van der Waals surface area contributed by atoms with E-state index in [1.165, 1.54) is 17.3 Å². The minimum absolute atomic E-state index is 0.160.